The van der Waals surface area contributed by atoms with Gasteiger partial charge in [-0.05, 0) is 31.9 Å². The van der Waals surface area contributed by atoms with Gasteiger partial charge in [-0.25, -0.2) is 4.98 Å². The lowest BCUT2D eigenvalue weighted by atomic mass is 10.0. The van der Waals surface area contributed by atoms with E-state index in [9.17, 15) is 14.4 Å². The van der Waals surface area contributed by atoms with Crippen molar-refractivity contribution >= 4 is 52.0 Å². The molecular weight excluding hydrogens is 649 g/mol. The van der Waals surface area contributed by atoms with E-state index in [0.717, 1.165) is 0 Å². The monoisotopic (exact) mass is 685 g/mol. The molecule has 0 radical (unpaired) electrons. The molecular formula is C32H37Cl2N7O6. The molecule has 2 aromatic heterocycles. The molecule has 250 valence electrons. The molecule has 5 rings (SSSR count). The molecule has 47 heavy (non-hydrogen) atoms. The second-order valence-electron chi connectivity index (χ2n) is 11.2. The summed E-state index contributed by atoms with van der Waals surface area (Å²) in [6, 6.07) is 2.72. The van der Waals surface area contributed by atoms with Crippen LogP contribution in [0.5, 0.6) is 11.5 Å². The Balaban J connectivity index is 1.49. The van der Waals surface area contributed by atoms with Gasteiger partial charge in [0.25, 0.3) is 11.5 Å². The number of rotatable bonds is 10. The largest absolute Gasteiger partial charge is 0.495 e. The first-order chi connectivity index (χ1) is 22.6. The zero-order chi connectivity index (χ0) is 33.7. The van der Waals surface area contributed by atoms with Crippen LogP contribution in [-0.4, -0.2) is 108 Å². The van der Waals surface area contributed by atoms with E-state index in [2.05, 4.69) is 32.4 Å². The van der Waals surface area contributed by atoms with Gasteiger partial charge in [0.2, 0.25) is 11.9 Å². The Kier molecular flexibility index (Phi) is 11.1. The van der Waals surface area contributed by atoms with Crippen molar-refractivity contribution in [2.45, 2.75) is 38.9 Å². The van der Waals surface area contributed by atoms with Crippen LogP contribution in [0, 0.1) is 11.8 Å². The van der Waals surface area contributed by atoms with Gasteiger partial charge in [0.05, 0.1) is 55.1 Å². The summed E-state index contributed by atoms with van der Waals surface area (Å²) in [5.41, 5.74) is 0.592. The highest BCUT2D eigenvalue weighted by molar-refractivity contribution is 6.41. The number of halogens is 2. The van der Waals surface area contributed by atoms with E-state index in [1.807, 2.05) is 0 Å². The summed E-state index contributed by atoms with van der Waals surface area (Å²) in [4.78, 5) is 51.5. The van der Waals surface area contributed by atoms with Gasteiger partial charge >= 0.3 is 0 Å². The number of pyridine rings is 1. The Morgan fingerprint density at radius 2 is 1.72 bits per heavy atom. The van der Waals surface area contributed by atoms with Gasteiger partial charge in [-0.2, -0.15) is 4.98 Å². The minimum atomic E-state index is -0.352. The van der Waals surface area contributed by atoms with E-state index in [0.29, 0.717) is 87.4 Å². The number of aryl methyl sites for hydroxylation is 1. The number of carbonyl (C=O) groups is 2. The highest BCUT2D eigenvalue weighted by Gasteiger charge is 2.30. The molecule has 2 aliphatic rings. The number of piperazine rings is 1. The smallest absolute Gasteiger partial charge is 0.298 e. The van der Waals surface area contributed by atoms with Crippen LogP contribution in [0.15, 0.2) is 23.1 Å². The van der Waals surface area contributed by atoms with Crippen molar-refractivity contribution in [3.05, 3.63) is 38.7 Å². The molecule has 0 saturated carbocycles. The number of amides is 2. The number of hydrogen-bond acceptors (Lipinski definition) is 10. The van der Waals surface area contributed by atoms with Crippen molar-refractivity contribution < 1.29 is 23.8 Å². The molecule has 2 aliphatic heterocycles. The predicted molar refractivity (Wildman–Crippen MR) is 179 cm³/mol. The lowest BCUT2D eigenvalue weighted by Crippen LogP contribution is -2.48. The summed E-state index contributed by atoms with van der Waals surface area (Å²) in [7, 11) is 2.94. The van der Waals surface area contributed by atoms with Gasteiger partial charge in [0.1, 0.15) is 17.1 Å². The molecule has 4 heterocycles. The molecule has 13 nitrogen and oxygen atoms in total. The Bertz CT molecular complexity index is 1750. The van der Waals surface area contributed by atoms with E-state index in [1.54, 1.807) is 34.7 Å². The van der Waals surface area contributed by atoms with Crippen LogP contribution in [0.2, 0.25) is 10.0 Å². The molecule has 2 fully saturated rings. The average Bonchev–Trinajstić information content (AvgIpc) is 3.48. The van der Waals surface area contributed by atoms with Gasteiger partial charge in [-0.3, -0.25) is 23.9 Å². The Labute approximate surface area is 282 Å². The normalized spacial score (nSPS) is 18.0. The van der Waals surface area contributed by atoms with Crippen LogP contribution in [0.1, 0.15) is 20.3 Å². The van der Waals surface area contributed by atoms with Gasteiger partial charge in [-0.1, -0.05) is 29.1 Å². The number of hydrogen-bond donors (Lipinski definition) is 2. The maximum atomic E-state index is 14.3. The predicted octanol–water partition coefficient (Wildman–Crippen LogP) is 2.66. The van der Waals surface area contributed by atoms with Crippen molar-refractivity contribution in [3.63, 3.8) is 0 Å². The van der Waals surface area contributed by atoms with Gasteiger partial charge in [0, 0.05) is 62.9 Å². The maximum absolute atomic E-state index is 14.3. The SMILES string of the molecule is CC#CC(=O)N1CCN(CCCn2c(=O)c(-c3c(Cl)c(OC)cc(OC)c3Cl)cc3cnc(NC4COCC4NC(C)=O)nc32)CC1. The highest BCUT2D eigenvalue weighted by Crippen LogP contribution is 2.45. The quantitative estimate of drug-likeness (QED) is 0.306. The van der Waals surface area contributed by atoms with E-state index in [4.69, 9.17) is 42.4 Å². The van der Waals surface area contributed by atoms with Crippen LogP contribution in [0.3, 0.4) is 0 Å². The summed E-state index contributed by atoms with van der Waals surface area (Å²) in [6.45, 7) is 7.44. The van der Waals surface area contributed by atoms with Gasteiger partial charge < -0.3 is 29.7 Å². The molecule has 15 heteroatoms. The van der Waals surface area contributed by atoms with Crippen LogP contribution in [0.4, 0.5) is 5.95 Å². The Morgan fingerprint density at radius 1 is 1.04 bits per heavy atom. The standard InChI is InChI=1S/C32H37Cl2N7O6/c1-5-7-26(43)40-12-10-39(11-13-40)8-6-9-41-30-20(16-35-32(38-30)37-23-18-47-17-22(23)36-19(2)42)14-21(31(41)44)27-28(33)24(45-3)15-25(46-4)29(27)34/h14-16,22-23H,6,8-13,17-18H2,1-4H3,(H,36,42)(H,35,37,38). The third-order valence-electron chi connectivity index (χ3n) is 8.20. The summed E-state index contributed by atoms with van der Waals surface area (Å²) in [5.74, 6) is 5.84. The molecule has 2 unspecified atom stereocenters. The van der Waals surface area contributed by atoms with Crippen molar-refractivity contribution in [1.29, 1.82) is 0 Å². The van der Waals surface area contributed by atoms with E-state index in [1.165, 1.54) is 21.1 Å². The highest BCUT2D eigenvalue weighted by atomic mass is 35.5. The number of ether oxygens (including phenoxy) is 3. The van der Waals surface area contributed by atoms with Crippen LogP contribution >= 0.6 is 23.2 Å². The maximum Gasteiger partial charge on any atom is 0.298 e. The van der Waals surface area contributed by atoms with Crippen molar-refractivity contribution in [2.75, 3.05) is 65.5 Å². The number of aromatic nitrogens is 3. The second-order valence-corrected chi connectivity index (χ2v) is 12.0. The summed E-state index contributed by atoms with van der Waals surface area (Å²) < 4.78 is 18.1. The van der Waals surface area contributed by atoms with Crippen molar-refractivity contribution in [3.8, 4) is 34.5 Å². The van der Waals surface area contributed by atoms with Crippen molar-refractivity contribution in [2.24, 2.45) is 0 Å². The minimum absolute atomic E-state index is 0.162. The molecule has 2 N–H and O–H groups in total. The molecule has 2 amide bonds. The number of nitrogens with zero attached hydrogens (tertiary/aromatic N) is 5. The van der Waals surface area contributed by atoms with Crippen molar-refractivity contribution in [1.82, 2.24) is 29.7 Å². The number of fused-ring (bicyclic) bond motifs is 1. The number of nitrogens with one attached hydrogen (secondary N) is 2. The number of methoxy groups -OCH3 is 2. The van der Waals surface area contributed by atoms with E-state index < -0.39 is 0 Å². The fraction of sp³-hybridized carbons (Fsp3) is 0.469. The topological polar surface area (TPSA) is 140 Å². The first-order valence-corrected chi connectivity index (χ1v) is 16.0. The summed E-state index contributed by atoms with van der Waals surface area (Å²) in [5, 5.41) is 7.07. The number of carbonyl (C=O) groups excluding carboxylic acids is 2. The molecule has 0 spiro atoms. The fourth-order valence-electron chi connectivity index (χ4n) is 5.82. The lowest BCUT2D eigenvalue weighted by Gasteiger charge is -2.33. The zero-order valence-corrected chi connectivity index (χ0v) is 28.2. The van der Waals surface area contributed by atoms with Gasteiger partial charge in [-0.15, -0.1) is 0 Å². The molecule has 3 aromatic rings. The Hall–Kier alpha value is -4.09. The first kappa shape index (κ1) is 34.3. The van der Waals surface area contributed by atoms with E-state index >= 15 is 0 Å². The zero-order valence-electron chi connectivity index (χ0n) is 26.7. The fourth-order valence-corrected chi connectivity index (χ4v) is 6.52. The number of benzene rings is 1. The second kappa shape index (κ2) is 15.2. The molecule has 0 bridgehead atoms. The first-order valence-electron chi connectivity index (χ1n) is 15.2. The summed E-state index contributed by atoms with van der Waals surface area (Å²) in [6.07, 6.45) is 2.25. The molecule has 0 aliphatic carbocycles. The molecule has 2 saturated heterocycles. The third-order valence-corrected chi connectivity index (χ3v) is 8.95. The summed E-state index contributed by atoms with van der Waals surface area (Å²) >= 11 is 13.5. The van der Waals surface area contributed by atoms with Crippen LogP contribution in [0.25, 0.3) is 22.2 Å². The van der Waals surface area contributed by atoms with Crippen LogP contribution < -0.4 is 25.7 Å². The van der Waals surface area contributed by atoms with E-state index in [-0.39, 0.29) is 50.6 Å². The number of anilines is 1. The minimum Gasteiger partial charge on any atom is -0.495 e. The van der Waals surface area contributed by atoms with Crippen LogP contribution in [-0.2, 0) is 20.9 Å². The van der Waals surface area contributed by atoms with Gasteiger partial charge in [0.15, 0.2) is 0 Å². The third kappa shape index (κ3) is 7.57. The molecule has 2 atom stereocenters. The molecule has 1 aromatic carbocycles. The Morgan fingerprint density at radius 3 is 2.36 bits per heavy atom. The average molecular weight is 687 g/mol. The lowest BCUT2D eigenvalue weighted by molar-refractivity contribution is -0.126.